The van der Waals surface area contributed by atoms with Crippen molar-refractivity contribution in [1.29, 1.82) is 0 Å². The zero-order chi connectivity index (χ0) is 14.8. The largest absolute Gasteiger partial charge is 0.444 e. The molecule has 112 valence electrons. The number of rotatable bonds is 4. The van der Waals surface area contributed by atoms with Gasteiger partial charge in [0.05, 0.1) is 12.3 Å². The van der Waals surface area contributed by atoms with Gasteiger partial charge in [-0.25, -0.2) is 9.37 Å². The lowest BCUT2D eigenvalue weighted by atomic mass is 10.0. The maximum Gasteiger partial charge on any atom is 0.226 e. The first-order valence-corrected chi connectivity index (χ1v) is 7.22. The van der Waals surface area contributed by atoms with Crippen LogP contribution in [-0.2, 0) is 6.54 Å². The highest BCUT2D eigenvalue weighted by Crippen LogP contribution is 2.26. The summed E-state index contributed by atoms with van der Waals surface area (Å²) in [6.45, 7) is 3.92. The number of benzene rings is 1. The van der Waals surface area contributed by atoms with Gasteiger partial charge in [0.2, 0.25) is 5.89 Å². The Morgan fingerprint density at radius 1 is 1.48 bits per heavy atom. The van der Waals surface area contributed by atoms with Gasteiger partial charge in [0.1, 0.15) is 12.1 Å². The fourth-order valence-corrected chi connectivity index (χ4v) is 2.92. The fourth-order valence-electron chi connectivity index (χ4n) is 2.92. The van der Waals surface area contributed by atoms with Crippen molar-refractivity contribution in [2.45, 2.75) is 25.9 Å². The van der Waals surface area contributed by atoms with Crippen molar-refractivity contribution in [2.75, 3.05) is 13.2 Å². The molecule has 2 heterocycles. The third-order valence-corrected chi connectivity index (χ3v) is 4.17. The molecular weight excluding hydrogens is 271 g/mol. The van der Waals surface area contributed by atoms with Crippen LogP contribution in [0, 0.1) is 11.7 Å². The second-order valence-corrected chi connectivity index (χ2v) is 5.64. The van der Waals surface area contributed by atoms with Gasteiger partial charge in [0, 0.05) is 18.2 Å². The molecule has 1 aliphatic rings. The predicted octanol–water partition coefficient (Wildman–Crippen LogP) is 2.68. The van der Waals surface area contributed by atoms with Crippen LogP contribution in [0.15, 0.2) is 34.9 Å². The van der Waals surface area contributed by atoms with Gasteiger partial charge in [-0.05, 0) is 37.1 Å². The molecule has 1 fully saturated rings. The van der Waals surface area contributed by atoms with E-state index in [9.17, 15) is 9.50 Å². The quantitative estimate of drug-likeness (QED) is 0.940. The molecule has 1 N–H and O–H groups in total. The first-order valence-electron chi connectivity index (χ1n) is 7.22. The number of likely N-dealkylation sites (tertiary alicyclic amines) is 1. The molecule has 1 aliphatic heterocycles. The van der Waals surface area contributed by atoms with Crippen LogP contribution in [0.25, 0.3) is 11.5 Å². The number of aliphatic hydroxyl groups excluding tert-OH is 1. The summed E-state index contributed by atoms with van der Waals surface area (Å²) in [7, 11) is 0. The summed E-state index contributed by atoms with van der Waals surface area (Å²) >= 11 is 0. The molecule has 0 radical (unpaired) electrons. The highest BCUT2D eigenvalue weighted by atomic mass is 19.1. The number of hydrogen-bond donors (Lipinski definition) is 1. The smallest absolute Gasteiger partial charge is 0.226 e. The molecule has 3 rings (SSSR count). The van der Waals surface area contributed by atoms with Gasteiger partial charge in [-0.15, -0.1) is 0 Å². The van der Waals surface area contributed by atoms with Crippen molar-refractivity contribution in [1.82, 2.24) is 9.88 Å². The van der Waals surface area contributed by atoms with Crippen molar-refractivity contribution >= 4 is 0 Å². The molecule has 0 bridgehead atoms. The van der Waals surface area contributed by atoms with E-state index in [2.05, 4.69) is 16.8 Å². The summed E-state index contributed by atoms with van der Waals surface area (Å²) in [4.78, 5) is 6.64. The van der Waals surface area contributed by atoms with Crippen LogP contribution >= 0.6 is 0 Å². The number of aromatic nitrogens is 1. The number of nitrogens with zero attached hydrogens (tertiary/aromatic N) is 2. The van der Waals surface area contributed by atoms with E-state index >= 15 is 0 Å². The van der Waals surface area contributed by atoms with Crippen LogP contribution in [0.2, 0.25) is 0 Å². The van der Waals surface area contributed by atoms with Crippen LogP contribution in [0.1, 0.15) is 19.0 Å². The lowest BCUT2D eigenvalue weighted by molar-refractivity contribution is 0.133. The SMILES string of the molecule is CC1CCN(Cc2coc(-c3cccc(F)c3)n2)C1CO. The Labute approximate surface area is 123 Å². The van der Waals surface area contributed by atoms with Crippen LogP contribution in [0.4, 0.5) is 4.39 Å². The zero-order valence-electron chi connectivity index (χ0n) is 12.0. The first-order chi connectivity index (χ1) is 10.2. The van der Waals surface area contributed by atoms with Crippen LogP contribution in [0.5, 0.6) is 0 Å². The van der Waals surface area contributed by atoms with E-state index in [4.69, 9.17) is 4.42 Å². The molecular formula is C16H19FN2O2. The van der Waals surface area contributed by atoms with Gasteiger partial charge >= 0.3 is 0 Å². The Morgan fingerprint density at radius 2 is 2.33 bits per heavy atom. The number of aliphatic hydroxyl groups is 1. The molecule has 4 nitrogen and oxygen atoms in total. The molecule has 0 saturated carbocycles. The summed E-state index contributed by atoms with van der Waals surface area (Å²) in [6.07, 6.45) is 2.69. The summed E-state index contributed by atoms with van der Waals surface area (Å²) in [6, 6.07) is 6.39. The minimum Gasteiger partial charge on any atom is -0.444 e. The molecule has 0 aliphatic carbocycles. The van der Waals surface area contributed by atoms with E-state index in [1.54, 1.807) is 18.4 Å². The predicted molar refractivity (Wildman–Crippen MR) is 77.0 cm³/mol. The van der Waals surface area contributed by atoms with E-state index in [0.29, 0.717) is 23.9 Å². The molecule has 1 aromatic carbocycles. The summed E-state index contributed by atoms with van der Waals surface area (Å²) in [5.41, 5.74) is 1.44. The minimum atomic E-state index is -0.305. The third kappa shape index (κ3) is 2.99. The Kier molecular flexibility index (Phi) is 4.03. The Balaban J connectivity index is 1.74. The van der Waals surface area contributed by atoms with Crippen molar-refractivity contribution < 1.29 is 13.9 Å². The minimum absolute atomic E-state index is 0.162. The zero-order valence-corrected chi connectivity index (χ0v) is 12.0. The average Bonchev–Trinajstić information content (AvgIpc) is 3.07. The number of hydrogen-bond acceptors (Lipinski definition) is 4. The molecule has 5 heteroatoms. The number of halogens is 1. The fraction of sp³-hybridized carbons (Fsp3) is 0.438. The molecule has 0 spiro atoms. The Bertz CT molecular complexity index is 614. The van der Waals surface area contributed by atoms with Crippen LogP contribution in [0.3, 0.4) is 0 Å². The van der Waals surface area contributed by atoms with E-state index < -0.39 is 0 Å². The van der Waals surface area contributed by atoms with Crippen LogP contribution < -0.4 is 0 Å². The molecule has 2 atom stereocenters. The van der Waals surface area contributed by atoms with E-state index in [1.165, 1.54) is 12.1 Å². The summed E-state index contributed by atoms with van der Waals surface area (Å²) < 4.78 is 18.7. The lowest BCUT2D eigenvalue weighted by Gasteiger charge is -2.23. The molecule has 2 unspecified atom stereocenters. The van der Waals surface area contributed by atoms with Crippen molar-refractivity contribution in [3.8, 4) is 11.5 Å². The maximum absolute atomic E-state index is 13.2. The van der Waals surface area contributed by atoms with E-state index in [0.717, 1.165) is 18.7 Å². The highest BCUT2D eigenvalue weighted by molar-refractivity contribution is 5.52. The van der Waals surface area contributed by atoms with Crippen LogP contribution in [-0.4, -0.2) is 34.2 Å². The topological polar surface area (TPSA) is 49.5 Å². The van der Waals surface area contributed by atoms with Crippen molar-refractivity contribution in [3.63, 3.8) is 0 Å². The summed E-state index contributed by atoms with van der Waals surface area (Å²) in [5.74, 6) is 0.614. The Morgan fingerprint density at radius 3 is 3.10 bits per heavy atom. The van der Waals surface area contributed by atoms with Gasteiger partial charge < -0.3 is 9.52 Å². The lowest BCUT2D eigenvalue weighted by Crippen LogP contribution is -2.34. The highest BCUT2D eigenvalue weighted by Gasteiger charge is 2.30. The normalized spacial score (nSPS) is 22.8. The third-order valence-electron chi connectivity index (χ3n) is 4.17. The van der Waals surface area contributed by atoms with Gasteiger partial charge in [-0.2, -0.15) is 0 Å². The van der Waals surface area contributed by atoms with E-state index in [-0.39, 0.29) is 18.5 Å². The molecule has 1 aromatic heterocycles. The second kappa shape index (κ2) is 5.95. The van der Waals surface area contributed by atoms with Crippen molar-refractivity contribution in [2.24, 2.45) is 5.92 Å². The van der Waals surface area contributed by atoms with E-state index in [1.807, 2.05) is 0 Å². The van der Waals surface area contributed by atoms with Gasteiger partial charge in [0.15, 0.2) is 0 Å². The maximum atomic E-state index is 13.2. The molecule has 0 amide bonds. The molecule has 21 heavy (non-hydrogen) atoms. The van der Waals surface area contributed by atoms with Crippen molar-refractivity contribution in [3.05, 3.63) is 42.0 Å². The average molecular weight is 290 g/mol. The molecule has 2 aromatic rings. The first kappa shape index (κ1) is 14.2. The Hall–Kier alpha value is -1.72. The summed E-state index contributed by atoms with van der Waals surface area (Å²) in [5, 5.41) is 9.47. The standard InChI is InChI=1S/C16H19FN2O2/c1-11-5-6-19(15(11)9-20)8-14-10-21-16(18-14)12-3-2-4-13(17)7-12/h2-4,7,10-11,15,20H,5-6,8-9H2,1H3. The monoisotopic (exact) mass is 290 g/mol. The van der Waals surface area contributed by atoms with Gasteiger partial charge in [0.25, 0.3) is 0 Å². The van der Waals surface area contributed by atoms with Gasteiger partial charge in [-0.3, -0.25) is 4.90 Å². The van der Waals surface area contributed by atoms with Gasteiger partial charge in [-0.1, -0.05) is 13.0 Å². The second-order valence-electron chi connectivity index (χ2n) is 5.64. The number of oxazole rings is 1. The molecule has 1 saturated heterocycles.